The van der Waals surface area contributed by atoms with E-state index in [0.29, 0.717) is 10.8 Å². The van der Waals surface area contributed by atoms with Crippen molar-refractivity contribution in [2.45, 2.75) is 25.2 Å². The zero-order chi connectivity index (χ0) is 10.6. The van der Waals surface area contributed by atoms with Crippen molar-refractivity contribution in [2.24, 2.45) is 5.92 Å². The lowest BCUT2D eigenvalue weighted by atomic mass is 10.2. The Kier molecular flexibility index (Phi) is 4.48. The molecular weight excluding hydrogens is 216 g/mol. The highest BCUT2D eigenvalue weighted by molar-refractivity contribution is 7.99. The maximum Gasteiger partial charge on any atom is 0.345 e. The smallest absolute Gasteiger partial charge is 0.345 e. The van der Waals surface area contributed by atoms with E-state index in [4.69, 9.17) is 5.11 Å². The van der Waals surface area contributed by atoms with Crippen LogP contribution >= 0.6 is 23.1 Å². The van der Waals surface area contributed by atoms with E-state index in [1.165, 1.54) is 17.8 Å². The average molecular weight is 230 g/mol. The van der Waals surface area contributed by atoms with E-state index >= 15 is 0 Å². The molecule has 0 amide bonds. The molecule has 0 aliphatic carbocycles. The molecule has 0 saturated carbocycles. The molecule has 1 heterocycles. The van der Waals surface area contributed by atoms with E-state index in [9.17, 15) is 4.79 Å². The summed E-state index contributed by atoms with van der Waals surface area (Å²) in [5.74, 6) is 0.943. The Hall–Kier alpha value is -0.480. The van der Waals surface area contributed by atoms with Gasteiger partial charge in [0, 0.05) is 10.3 Å². The summed E-state index contributed by atoms with van der Waals surface area (Å²) in [6.07, 6.45) is 1.17. The molecule has 0 aliphatic heterocycles. The molecule has 1 aromatic heterocycles. The van der Waals surface area contributed by atoms with Crippen molar-refractivity contribution in [2.75, 3.05) is 5.75 Å². The van der Waals surface area contributed by atoms with Crippen molar-refractivity contribution in [3.05, 3.63) is 16.3 Å². The molecule has 4 heteroatoms. The fourth-order valence-electron chi connectivity index (χ4n) is 0.919. The van der Waals surface area contributed by atoms with Crippen LogP contribution in [0.2, 0.25) is 0 Å². The number of thioether (sulfide) groups is 1. The minimum atomic E-state index is -0.828. The van der Waals surface area contributed by atoms with Gasteiger partial charge in [0.05, 0.1) is 0 Å². The Labute approximate surface area is 92.3 Å². The highest BCUT2D eigenvalue weighted by Gasteiger charge is 2.06. The third kappa shape index (κ3) is 3.72. The van der Waals surface area contributed by atoms with E-state index in [-0.39, 0.29) is 0 Å². The quantitative estimate of drug-likeness (QED) is 0.785. The second kappa shape index (κ2) is 5.41. The number of carbonyl (C=O) groups is 1. The molecular formula is C10H14O2S2. The fourth-order valence-corrected chi connectivity index (χ4v) is 3.04. The van der Waals surface area contributed by atoms with Crippen molar-refractivity contribution in [1.29, 1.82) is 0 Å². The normalized spacial score (nSPS) is 10.8. The van der Waals surface area contributed by atoms with Gasteiger partial charge in [-0.1, -0.05) is 13.8 Å². The Morgan fingerprint density at radius 1 is 1.64 bits per heavy atom. The third-order valence-corrected chi connectivity index (χ3v) is 3.83. The number of hydrogen-bond donors (Lipinski definition) is 1. The van der Waals surface area contributed by atoms with Gasteiger partial charge in [0.15, 0.2) is 0 Å². The molecule has 14 heavy (non-hydrogen) atoms. The van der Waals surface area contributed by atoms with Crippen molar-refractivity contribution < 1.29 is 9.90 Å². The van der Waals surface area contributed by atoms with Gasteiger partial charge in [-0.15, -0.1) is 23.1 Å². The lowest BCUT2D eigenvalue weighted by molar-refractivity contribution is 0.0702. The minimum absolute atomic E-state index is 0.428. The number of carboxylic acids is 1. The standard InChI is InChI=1S/C10H14O2S2/c1-7(2)3-4-13-8-5-9(10(11)12)14-6-8/h5-7H,3-4H2,1-2H3,(H,11,12). The lowest BCUT2D eigenvalue weighted by Crippen LogP contribution is -1.90. The maximum atomic E-state index is 10.6. The third-order valence-electron chi connectivity index (χ3n) is 1.75. The van der Waals surface area contributed by atoms with Crippen molar-refractivity contribution in [3.8, 4) is 0 Å². The minimum Gasteiger partial charge on any atom is -0.477 e. The van der Waals surface area contributed by atoms with Gasteiger partial charge >= 0.3 is 5.97 Å². The summed E-state index contributed by atoms with van der Waals surface area (Å²) < 4.78 is 0. The molecule has 0 aliphatic rings. The Morgan fingerprint density at radius 3 is 2.86 bits per heavy atom. The van der Waals surface area contributed by atoms with Gasteiger partial charge in [-0.25, -0.2) is 4.79 Å². The van der Waals surface area contributed by atoms with Crippen LogP contribution in [0.25, 0.3) is 0 Å². The van der Waals surface area contributed by atoms with Gasteiger partial charge in [-0.3, -0.25) is 0 Å². The van der Waals surface area contributed by atoms with E-state index in [1.54, 1.807) is 17.8 Å². The van der Waals surface area contributed by atoms with Crippen LogP contribution in [0.5, 0.6) is 0 Å². The van der Waals surface area contributed by atoms with Crippen LogP contribution in [-0.2, 0) is 0 Å². The van der Waals surface area contributed by atoms with Gasteiger partial charge in [0.2, 0.25) is 0 Å². The van der Waals surface area contributed by atoms with Crippen molar-refractivity contribution in [3.63, 3.8) is 0 Å². The first-order chi connectivity index (χ1) is 6.59. The van der Waals surface area contributed by atoms with Crippen LogP contribution in [0.3, 0.4) is 0 Å². The largest absolute Gasteiger partial charge is 0.477 e. The lowest BCUT2D eigenvalue weighted by Gasteiger charge is -2.01. The highest BCUT2D eigenvalue weighted by atomic mass is 32.2. The molecule has 0 aromatic carbocycles. The number of hydrogen-bond acceptors (Lipinski definition) is 3. The Balaban J connectivity index is 2.40. The van der Waals surface area contributed by atoms with E-state index in [1.807, 2.05) is 5.38 Å². The van der Waals surface area contributed by atoms with Crippen LogP contribution in [0.15, 0.2) is 16.3 Å². The number of rotatable bonds is 5. The zero-order valence-electron chi connectivity index (χ0n) is 8.32. The summed E-state index contributed by atoms with van der Waals surface area (Å²) in [5.41, 5.74) is 0. The average Bonchev–Trinajstić information content (AvgIpc) is 2.52. The fraction of sp³-hybridized carbons (Fsp3) is 0.500. The molecule has 1 N–H and O–H groups in total. The van der Waals surface area contributed by atoms with Crippen LogP contribution in [-0.4, -0.2) is 16.8 Å². The van der Waals surface area contributed by atoms with Crippen molar-refractivity contribution >= 4 is 29.1 Å². The Morgan fingerprint density at radius 2 is 2.36 bits per heavy atom. The predicted molar refractivity (Wildman–Crippen MR) is 61.5 cm³/mol. The SMILES string of the molecule is CC(C)CCSc1csc(C(=O)O)c1. The maximum absolute atomic E-state index is 10.6. The summed E-state index contributed by atoms with van der Waals surface area (Å²) in [5, 5.41) is 10.6. The zero-order valence-corrected chi connectivity index (χ0v) is 9.95. The molecule has 0 saturated heterocycles. The molecule has 78 valence electrons. The monoisotopic (exact) mass is 230 g/mol. The second-order valence-electron chi connectivity index (χ2n) is 3.48. The second-order valence-corrected chi connectivity index (χ2v) is 5.56. The van der Waals surface area contributed by atoms with Crippen LogP contribution in [0.4, 0.5) is 0 Å². The molecule has 0 radical (unpaired) electrons. The van der Waals surface area contributed by atoms with Gasteiger partial charge in [-0.05, 0) is 24.2 Å². The summed E-state index contributed by atoms with van der Waals surface area (Å²) in [6, 6.07) is 1.75. The van der Waals surface area contributed by atoms with E-state index in [0.717, 1.165) is 10.6 Å². The molecule has 0 unspecified atom stereocenters. The van der Waals surface area contributed by atoms with Gasteiger partial charge in [0.25, 0.3) is 0 Å². The molecule has 1 aromatic rings. The predicted octanol–water partition coefficient (Wildman–Crippen LogP) is 3.58. The first-order valence-corrected chi connectivity index (χ1v) is 6.40. The van der Waals surface area contributed by atoms with Crippen LogP contribution < -0.4 is 0 Å². The number of aromatic carboxylic acids is 1. The summed E-state index contributed by atoms with van der Waals surface area (Å²) >= 11 is 3.03. The Bertz CT molecular complexity index is 305. The van der Waals surface area contributed by atoms with Crippen LogP contribution in [0.1, 0.15) is 29.9 Å². The molecule has 0 atom stereocenters. The van der Waals surface area contributed by atoms with Gasteiger partial charge in [0.1, 0.15) is 4.88 Å². The summed E-state index contributed by atoms with van der Waals surface area (Å²) in [4.78, 5) is 12.1. The molecule has 1 rings (SSSR count). The molecule has 2 nitrogen and oxygen atoms in total. The number of thiophene rings is 1. The van der Waals surface area contributed by atoms with Crippen molar-refractivity contribution in [1.82, 2.24) is 0 Å². The highest BCUT2D eigenvalue weighted by Crippen LogP contribution is 2.26. The topological polar surface area (TPSA) is 37.3 Å². The van der Waals surface area contributed by atoms with E-state index in [2.05, 4.69) is 13.8 Å². The van der Waals surface area contributed by atoms with Gasteiger partial charge < -0.3 is 5.11 Å². The first-order valence-electron chi connectivity index (χ1n) is 4.54. The number of carboxylic acid groups (broad SMARTS) is 1. The molecule has 0 bridgehead atoms. The van der Waals surface area contributed by atoms with Gasteiger partial charge in [-0.2, -0.15) is 0 Å². The molecule has 0 fully saturated rings. The molecule has 0 spiro atoms. The summed E-state index contributed by atoms with van der Waals surface area (Å²) in [6.45, 7) is 4.38. The first kappa shape index (κ1) is 11.6. The van der Waals surface area contributed by atoms with Crippen LogP contribution in [0, 0.1) is 5.92 Å². The summed E-state index contributed by atoms with van der Waals surface area (Å²) in [7, 11) is 0. The van der Waals surface area contributed by atoms with E-state index < -0.39 is 5.97 Å².